The minimum Gasteiger partial charge on any atom is -0.502 e. The summed E-state index contributed by atoms with van der Waals surface area (Å²) >= 11 is 0. The maximum atomic E-state index is 11.3. The highest BCUT2D eigenvalue weighted by Crippen LogP contribution is 2.18. The molecule has 0 atom stereocenters. The molecule has 0 aliphatic rings. The van der Waals surface area contributed by atoms with E-state index in [2.05, 4.69) is 15.3 Å². The first-order chi connectivity index (χ1) is 6.50. The van der Waals surface area contributed by atoms with Gasteiger partial charge in [-0.05, 0) is 13.8 Å². The van der Waals surface area contributed by atoms with Crippen molar-refractivity contribution in [2.45, 2.75) is 19.9 Å². The molecule has 14 heavy (non-hydrogen) atoms. The molecule has 76 valence electrons. The van der Waals surface area contributed by atoms with E-state index in [1.54, 1.807) is 13.8 Å². The van der Waals surface area contributed by atoms with Gasteiger partial charge in [-0.1, -0.05) is 0 Å². The number of rotatable bonds is 2. The van der Waals surface area contributed by atoms with Crippen LogP contribution < -0.4 is 5.32 Å². The quantitative estimate of drug-likeness (QED) is 0.621. The highest BCUT2D eigenvalue weighted by atomic mass is 16.3. The van der Waals surface area contributed by atoms with Gasteiger partial charge in [0.1, 0.15) is 0 Å². The van der Waals surface area contributed by atoms with Gasteiger partial charge >= 0.3 is 0 Å². The molecule has 1 aromatic heterocycles. The normalized spacial score (nSPS) is 10.2. The van der Waals surface area contributed by atoms with Gasteiger partial charge in [0.25, 0.3) is 11.8 Å². The van der Waals surface area contributed by atoms with E-state index < -0.39 is 17.5 Å². The molecular formula is C8H11N3O3. The van der Waals surface area contributed by atoms with Crippen LogP contribution in [0.4, 0.5) is 0 Å². The molecule has 6 heteroatoms. The number of aromatic hydroxyl groups is 2. The van der Waals surface area contributed by atoms with Crippen molar-refractivity contribution in [3.8, 4) is 11.6 Å². The fourth-order valence-corrected chi connectivity index (χ4v) is 0.803. The molecule has 1 heterocycles. The van der Waals surface area contributed by atoms with Gasteiger partial charge in [0.15, 0.2) is 5.75 Å². The Morgan fingerprint density at radius 2 is 2.14 bits per heavy atom. The first kappa shape index (κ1) is 10.2. The molecule has 1 aromatic rings. The van der Waals surface area contributed by atoms with E-state index in [1.807, 2.05) is 0 Å². The lowest BCUT2D eigenvalue weighted by molar-refractivity contribution is 0.0931. The van der Waals surface area contributed by atoms with Gasteiger partial charge in [0.05, 0.1) is 6.20 Å². The topological polar surface area (TPSA) is 95.3 Å². The molecule has 0 saturated carbocycles. The average Bonchev–Trinajstić information content (AvgIpc) is 2.08. The summed E-state index contributed by atoms with van der Waals surface area (Å²) in [5, 5.41) is 20.5. The van der Waals surface area contributed by atoms with Crippen molar-refractivity contribution in [2.24, 2.45) is 0 Å². The Hall–Kier alpha value is -1.85. The van der Waals surface area contributed by atoms with Crippen LogP contribution in [0.2, 0.25) is 0 Å². The molecule has 0 fully saturated rings. The summed E-state index contributed by atoms with van der Waals surface area (Å²) in [7, 11) is 0. The monoisotopic (exact) mass is 197 g/mol. The fourth-order valence-electron chi connectivity index (χ4n) is 0.803. The van der Waals surface area contributed by atoms with E-state index in [9.17, 15) is 4.79 Å². The zero-order chi connectivity index (χ0) is 10.7. The van der Waals surface area contributed by atoms with Crippen molar-refractivity contribution in [3.05, 3.63) is 12.0 Å². The molecule has 0 aromatic carbocycles. The number of aromatic nitrogens is 2. The maximum Gasteiger partial charge on any atom is 0.289 e. The molecular weight excluding hydrogens is 186 g/mol. The molecule has 0 aliphatic carbocycles. The molecule has 0 bridgehead atoms. The van der Waals surface area contributed by atoms with Crippen LogP contribution in [0, 0.1) is 0 Å². The van der Waals surface area contributed by atoms with Crippen LogP contribution in [0.15, 0.2) is 6.20 Å². The first-order valence-electron chi connectivity index (χ1n) is 4.06. The van der Waals surface area contributed by atoms with Crippen LogP contribution in [0.5, 0.6) is 11.6 Å². The third kappa shape index (κ3) is 2.32. The molecule has 0 aliphatic heterocycles. The summed E-state index contributed by atoms with van der Waals surface area (Å²) in [6.45, 7) is 3.58. The number of carbonyl (C=O) groups is 1. The van der Waals surface area contributed by atoms with Crippen molar-refractivity contribution in [1.82, 2.24) is 15.3 Å². The summed E-state index contributed by atoms with van der Waals surface area (Å²) < 4.78 is 0. The van der Waals surface area contributed by atoms with Crippen LogP contribution in [-0.4, -0.2) is 32.1 Å². The van der Waals surface area contributed by atoms with Gasteiger partial charge in [-0.25, -0.2) is 4.98 Å². The van der Waals surface area contributed by atoms with Crippen LogP contribution in [0.1, 0.15) is 24.5 Å². The molecule has 3 N–H and O–H groups in total. The molecule has 1 amide bonds. The number of hydrogen-bond donors (Lipinski definition) is 3. The minimum absolute atomic E-state index is 0.0398. The van der Waals surface area contributed by atoms with Crippen molar-refractivity contribution in [2.75, 3.05) is 0 Å². The van der Waals surface area contributed by atoms with E-state index in [4.69, 9.17) is 10.2 Å². The smallest absolute Gasteiger partial charge is 0.289 e. The average molecular weight is 197 g/mol. The lowest BCUT2D eigenvalue weighted by Gasteiger charge is -2.06. The van der Waals surface area contributed by atoms with Crippen LogP contribution >= 0.6 is 0 Å². The minimum atomic E-state index is -0.603. The molecule has 0 radical (unpaired) electrons. The molecule has 6 nitrogen and oxygen atoms in total. The van der Waals surface area contributed by atoms with E-state index in [0.717, 1.165) is 6.20 Å². The predicted molar refractivity (Wildman–Crippen MR) is 48.0 cm³/mol. The summed E-state index contributed by atoms with van der Waals surface area (Å²) in [5.74, 6) is -1.72. The second kappa shape index (κ2) is 3.91. The predicted octanol–water partition coefficient (Wildman–Crippen LogP) is 0.0260. The largest absolute Gasteiger partial charge is 0.502 e. The number of hydrogen-bond acceptors (Lipinski definition) is 5. The third-order valence-electron chi connectivity index (χ3n) is 1.37. The van der Waals surface area contributed by atoms with Gasteiger partial charge in [0, 0.05) is 6.04 Å². The Bertz CT molecular complexity index is 352. The highest BCUT2D eigenvalue weighted by Gasteiger charge is 2.12. The van der Waals surface area contributed by atoms with Gasteiger partial charge < -0.3 is 15.5 Å². The van der Waals surface area contributed by atoms with Gasteiger partial charge in [-0.2, -0.15) is 4.98 Å². The molecule has 0 unspecified atom stereocenters. The molecule has 1 rings (SSSR count). The zero-order valence-electron chi connectivity index (χ0n) is 7.85. The number of amides is 1. The second-order valence-electron chi connectivity index (χ2n) is 3.03. The lowest BCUT2D eigenvalue weighted by atomic mass is 10.4. The summed E-state index contributed by atoms with van der Waals surface area (Å²) in [5.41, 5.74) is 0. The number of nitrogens with zero attached hydrogens (tertiary/aromatic N) is 2. The standard InChI is InChI=1S/C8H11N3O3/c1-4(2)10-8(14)6-9-3-5(12)7(13)11-6/h3-4,12H,1-2H3,(H,10,14)(H,9,11,13). The van der Waals surface area contributed by atoms with Gasteiger partial charge in [-0.3, -0.25) is 4.79 Å². The van der Waals surface area contributed by atoms with Crippen molar-refractivity contribution < 1.29 is 15.0 Å². The van der Waals surface area contributed by atoms with E-state index >= 15 is 0 Å². The van der Waals surface area contributed by atoms with Crippen LogP contribution in [0.3, 0.4) is 0 Å². The second-order valence-corrected chi connectivity index (χ2v) is 3.03. The van der Waals surface area contributed by atoms with Crippen molar-refractivity contribution >= 4 is 5.91 Å². The van der Waals surface area contributed by atoms with E-state index in [1.165, 1.54) is 0 Å². The Balaban J connectivity index is 2.86. The summed E-state index contributed by atoms with van der Waals surface area (Å²) in [6.07, 6.45) is 0.970. The fraction of sp³-hybridized carbons (Fsp3) is 0.375. The Labute approximate surface area is 80.6 Å². The highest BCUT2D eigenvalue weighted by molar-refractivity contribution is 5.90. The SMILES string of the molecule is CC(C)NC(=O)c1ncc(O)c(O)n1. The first-order valence-corrected chi connectivity index (χ1v) is 4.06. The maximum absolute atomic E-state index is 11.3. The Morgan fingerprint density at radius 3 is 2.64 bits per heavy atom. The van der Waals surface area contributed by atoms with Gasteiger partial charge in [-0.15, -0.1) is 0 Å². The third-order valence-corrected chi connectivity index (χ3v) is 1.37. The lowest BCUT2D eigenvalue weighted by Crippen LogP contribution is -2.31. The van der Waals surface area contributed by atoms with Crippen molar-refractivity contribution in [3.63, 3.8) is 0 Å². The Kier molecular flexibility index (Phi) is 2.85. The van der Waals surface area contributed by atoms with Gasteiger partial charge in [0.2, 0.25) is 5.82 Å². The van der Waals surface area contributed by atoms with Crippen LogP contribution in [-0.2, 0) is 0 Å². The Morgan fingerprint density at radius 1 is 1.50 bits per heavy atom. The van der Waals surface area contributed by atoms with Crippen molar-refractivity contribution in [1.29, 1.82) is 0 Å². The number of nitrogens with one attached hydrogen (secondary N) is 1. The summed E-state index contributed by atoms with van der Waals surface area (Å²) in [6, 6.07) is -0.0398. The van der Waals surface area contributed by atoms with Crippen LogP contribution in [0.25, 0.3) is 0 Å². The molecule has 0 saturated heterocycles. The molecule has 0 spiro atoms. The zero-order valence-corrected chi connectivity index (χ0v) is 7.85. The van der Waals surface area contributed by atoms with E-state index in [-0.39, 0.29) is 11.9 Å². The number of carbonyl (C=O) groups excluding carboxylic acids is 1. The van der Waals surface area contributed by atoms with E-state index in [0.29, 0.717) is 0 Å². The summed E-state index contributed by atoms with van der Waals surface area (Å²) in [4.78, 5) is 18.3.